The average molecular weight is 517 g/mol. The zero-order chi connectivity index (χ0) is 27.0. The molecule has 1 amide bonds. The fraction of sp³-hybridized carbons (Fsp3) is 0.379. The Morgan fingerprint density at radius 2 is 1.89 bits per heavy atom. The van der Waals surface area contributed by atoms with Crippen LogP contribution < -0.4 is 16.0 Å². The predicted molar refractivity (Wildman–Crippen MR) is 157 cm³/mol. The molecule has 0 aliphatic carbocycles. The van der Waals surface area contributed by atoms with E-state index in [1.54, 1.807) is 12.4 Å². The summed E-state index contributed by atoms with van der Waals surface area (Å²) in [5.41, 5.74) is 6.64. The van der Waals surface area contributed by atoms with Gasteiger partial charge in [0.2, 0.25) is 5.95 Å². The van der Waals surface area contributed by atoms with E-state index in [0.29, 0.717) is 17.3 Å². The number of pyridine rings is 1. The number of likely N-dealkylation sites (N-methyl/N-ethyl adjacent to an activating group) is 1. The molecule has 4 heterocycles. The second kappa shape index (κ2) is 10.1. The molecule has 0 unspecified atom stereocenters. The Morgan fingerprint density at radius 1 is 1.11 bits per heavy atom. The van der Waals surface area contributed by atoms with Gasteiger partial charge in [-0.1, -0.05) is 26.8 Å². The number of carbonyl (C=O) groups is 1. The Bertz CT molecular complexity index is 1500. The summed E-state index contributed by atoms with van der Waals surface area (Å²) in [5.74, 6) is 0.586. The second-order valence-corrected chi connectivity index (χ2v) is 11.3. The van der Waals surface area contributed by atoms with Crippen molar-refractivity contribution in [1.82, 2.24) is 30.2 Å². The number of hydrogen-bond donors (Lipinski definition) is 4. The van der Waals surface area contributed by atoms with Gasteiger partial charge in [-0.25, -0.2) is 4.98 Å². The molecule has 9 heteroatoms. The Labute approximate surface area is 226 Å². The summed E-state index contributed by atoms with van der Waals surface area (Å²) in [6.45, 7) is 12.2. The van der Waals surface area contributed by atoms with Crippen LogP contribution in [-0.2, 0) is 18.4 Å². The van der Waals surface area contributed by atoms with Crippen LogP contribution in [0.25, 0.3) is 10.9 Å². The fourth-order valence-corrected chi connectivity index (χ4v) is 4.69. The van der Waals surface area contributed by atoms with Gasteiger partial charge in [-0.15, -0.1) is 0 Å². The number of nitrogens with zero attached hydrogens (tertiary/aromatic N) is 4. The summed E-state index contributed by atoms with van der Waals surface area (Å²) in [4.78, 5) is 32.5. The monoisotopic (exact) mass is 516 g/mol. The standard InChI is InChI=1S/C29H36N8O.2H2/c1-17(2)32-27(38)22-15-31-28(36-26(22)33-19-9-11-30-25(14-19)29(3,4)5)34-18-7-8-20-21-10-12-37(6)16-24(21)35-23(20)13-18;;/h7-9,11,13-15,17,35H,10,12,16H2,1-6H3,(H,32,38)(H2,30,31,33,34,36);2*1H. The molecule has 5 rings (SSSR count). The summed E-state index contributed by atoms with van der Waals surface area (Å²) < 4.78 is 0. The minimum atomic E-state index is -0.234. The van der Waals surface area contributed by atoms with Crippen LogP contribution in [0.1, 0.15) is 64.8 Å². The molecule has 3 aromatic heterocycles. The third kappa shape index (κ3) is 5.47. The number of nitrogens with one attached hydrogen (secondary N) is 4. The van der Waals surface area contributed by atoms with Crippen molar-refractivity contribution in [2.45, 2.75) is 59.0 Å². The number of H-pyrrole nitrogens is 1. The molecule has 0 atom stereocenters. The summed E-state index contributed by atoms with van der Waals surface area (Å²) >= 11 is 0. The van der Waals surface area contributed by atoms with Crippen LogP contribution in [0.3, 0.4) is 0 Å². The highest BCUT2D eigenvalue weighted by Crippen LogP contribution is 2.30. The third-order valence-corrected chi connectivity index (χ3v) is 6.67. The van der Waals surface area contributed by atoms with Crippen molar-refractivity contribution in [2.75, 3.05) is 24.2 Å². The van der Waals surface area contributed by atoms with Gasteiger partial charge in [0, 0.05) is 73.5 Å². The van der Waals surface area contributed by atoms with Gasteiger partial charge < -0.3 is 25.8 Å². The minimum absolute atomic E-state index is 0. The van der Waals surface area contributed by atoms with Crippen LogP contribution in [0, 0.1) is 0 Å². The minimum Gasteiger partial charge on any atom is -0.357 e. The predicted octanol–water partition coefficient (Wildman–Crippen LogP) is 5.76. The first-order chi connectivity index (χ1) is 18.1. The van der Waals surface area contributed by atoms with E-state index in [0.717, 1.165) is 42.1 Å². The van der Waals surface area contributed by atoms with E-state index >= 15 is 0 Å². The summed E-state index contributed by atoms with van der Waals surface area (Å²) in [6, 6.07) is 10.1. The van der Waals surface area contributed by atoms with Crippen LogP contribution in [0.5, 0.6) is 0 Å². The first kappa shape index (κ1) is 25.7. The van der Waals surface area contributed by atoms with Gasteiger partial charge >= 0.3 is 0 Å². The van der Waals surface area contributed by atoms with Crippen molar-refractivity contribution in [1.29, 1.82) is 0 Å². The molecule has 0 radical (unpaired) electrons. The lowest BCUT2D eigenvalue weighted by Crippen LogP contribution is -2.31. The normalized spacial score (nSPS) is 14.0. The number of fused-ring (bicyclic) bond motifs is 3. The van der Waals surface area contributed by atoms with Crippen LogP contribution in [0.4, 0.5) is 23.1 Å². The van der Waals surface area contributed by atoms with Crippen molar-refractivity contribution in [3.05, 3.63) is 65.2 Å². The maximum atomic E-state index is 13.0. The molecule has 0 fully saturated rings. The highest BCUT2D eigenvalue weighted by atomic mass is 16.1. The van der Waals surface area contributed by atoms with E-state index in [4.69, 9.17) is 4.98 Å². The molecule has 1 aliphatic rings. The SMILES string of the molecule is CC(C)NC(=O)c1cnc(Nc2ccc3c4c([nH]c3c2)CN(C)CC4)nc1Nc1ccnc(C(C)(C)C)c1.[HH].[HH]. The van der Waals surface area contributed by atoms with Gasteiger partial charge in [0.05, 0.1) is 0 Å². The van der Waals surface area contributed by atoms with E-state index in [-0.39, 0.29) is 20.2 Å². The lowest BCUT2D eigenvalue weighted by atomic mass is 9.91. The van der Waals surface area contributed by atoms with Crippen LogP contribution >= 0.6 is 0 Å². The summed E-state index contributed by atoms with van der Waals surface area (Å²) in [5, 5.41) is 10.8. The lowest BCUT2D eigenvalue weighted by molar-refractivity contribution is 0.0943. The smallest absolute Gasteiger partial charge is 0.256 e. The highest BCUT2D eigenvalue weighted by molar-refractivity contribution is 5.99. The first-order valence-electron chi connectivity index (χ1n) is 13.1. The molecule has 4 aromatic rings. The number of aromatic nitrogens is 4. The van der Waals surface area contributed by atoms with E-state index in [2.05, 4.69) is 75.8 Å². The maximum Gasteiger partial charge on any atom is 0.256 e. The second-order valence-electron chi connectivity index (χ2n) is 11.3. The highest BCUT2D eigenvalue weighted by Gasteiger charge is 2.20. The van der Waals surface area contributed by atoms with Gasteiger partial charge in [0.15, 0.2) is 0 Å². The van der Waals surface area contributed by atoms with Crippen LogP contribution in [0.15, 0.2) is 42.7 Å². The quantitative estimate of drug-likeness (QED) is 0.258. The summed E-state index contributed by atoms with van der Waals surface area (Å²) in [6.07, 6.45) is 4.37. The molecule has 1 aromatic carbocycles. The van der Waals surface area contributed by atoms with Crippen LogP contribution in [-0.4, -0.2) is 50.4 Å². The average Bonchev–Trinajstić information content (AvgIpc) is 3.20. The van der Waals surface area contributed by atoms with Gasteiger partial charge in [0.1, 0.15) is 11.4 Å². The third-order valence-electron chi connectivity index (χ3n) is 6.67. The van der Waals surface area contributed by atoms with E-state index < -0.39 is 0 Å². The van der Waals surface area contributed by atoms with E-state index in [9.17, 15) is 4.79 Å². The molecule has 1 aliphatic heterocycles. The Balaban J connectivity index is 0.00000220. The number of benzene rings is 1. The fourth-order valence-electron chi connectivity index (χ4n) is 4.69. The van der Waals surface area contributed by atoms with Gasteiger partial charge in [-0.05, 0) is 57.1 Å². The number of aromatic amines is 1. The molecule has 0 bridgehead atoms. The maximum absolute atomic E-state index is 13.0. The number of hydrogen-bond acceptors (Lipinski definition) is 7. The molecule has 4 N–H and O–H groups in total. The molecule has 0 saturated heterocycles. The molecule has 9 nitrogen and oxygen atoms in total. The number of amides is 1. The molecular formula is C29H40N8O. The Hall–Kier alpha value is -3.98. The Kier molecular flexibility index (Phi) is 6.79. The zero-order valence-corrected chi connectivity index (χ0v) is 22.9. The van der Waals surface area contributed by atoms with Crippen molar-refractivity contribution in [3.63, 3.8) is 0 Å². The van der Waals surface area contributed by atoms with Gasteiger partial charge in [-0.3, -0.25) is 9.78 Å². The zero-order valence-electron chi connectivity index (χ0n) is 22.9. The number of carbonyl (C=O) groups excluding carboxylic acids is 1. The Morgan fingerprint density at radius 3 is 2.66 bits per heavy atom. The van der Waals surface area contributed by atoms with Gasteiger partial charge in [-0.2, -0.15) is 4.98 Å². The lowest BCUT2D eigenvalue weighted by Gasteiger charge is -2.22. The molecule has 202 valence electrons. The summed E-state index contributed by atoms with van der Waals surface area (Å²) in [7, 11) is 2.14. The molecular weight excluding hydrogens is 476 g/mol. The molecule has 0 saturated carbocycles. The number of rotatable bonds is 6. The first-order valence-corrected chi connectivity index (χ1v) is 13.1. The number of anilines is 4. The van der Waals surface area contributed by atoms with E-state index in [1.165, 1.54) is 16.6 Å². The van der Waals surface area contributed by atoms with Crippen LogP contribution in [0.2, 0.25) is 0 Å². The molecule has 38 heavy (non-hydrogen) atoms. The largest absolute Gasteiger partial charge is 0.357 e. The van der Waals surface area contributed by atoms with Crippen molar-refractivity contribution >= 4 is 40.0 Å². The van der Waals surface area contributed by atoms with Crippen molar-refractivity contribution in [3.8, 4) is 0 Å². The van der Waals surface area contributed by atoms with E-state index in [1.807, 2.05) is 32.0 Å². The van der Waals surface area contributed by atoms with Gasteiger partial charge in [0.25, 0.3) is 5.91 Å². The topological polar surface area (TPSA) is 111 Å². The molecule has 0 spiro atoms. The van der Waals surface area contributed by atoms with Crippen molar-refractivity contribution < 1.29 is 7.65 Å². The van der Waals surface area contributed by atoms with Crippen molar-refractivity contribution in [2.24, 2.45) is 0 Å².